The summed E-state index contributed by atoms with van der Waals surface area (Å²) in [4.78, 5) is 11.5. The third kappa shape index (κ3) is 2.56. The lowest BCUT2D eigenvalue weighted by Crippen LogP contribution is -2.46. The summed E-state index contributed by atoms with van der Waals surface area (Å²) in [5, 5.41) is 0. The number of carbonyl (C=O) groups is 1. The molecule has 0 unspecified atom stereocenters. The predicted molar refractivity (Wildman–Crippen MR) is 69.6 cm³/mol. The number of halogens is 1. The van der Waals surface area contributed by atoms with Crippen molar-refractivity contribution in [1.82, 2.24) is 0 Å². The molecule has 1 aliphatic carbocycles. The molecule has 7 heteroatoms. The van der Waals surface area contributed by atoms with Gasteiger partial charge in [0.2, 0.25) is 15.9 Å². The molecule has 1 aromatic carbocycles. The zero-order chi connectivity index (χ0) is 14.3. The van der Waals surface area contributed by atoms with E-state index in [9.17, 15) is 17.6 Å². The highest BCUT2D eigenvalue weighted by Gasteiger charge is 2.44. The molecule has 0 spiro atoms. The van der Waals surface area contributed by atoms with Crippen LogP contribution in [0.4, 0.5) is 10.1 Å². The van der Waals surface area contributed by atoms with Gasteiger partial charge >= 0.3 is 0 Å². The number of anilines is 1. The first-order valence-electron chi connectivity index (χ1n) is 5.82. The number of carbonyl (C=O) groups excluding carboxylic acids is 1. The molecule has 1 aromatic rings. The molecule has 0 saturated heterocycles. The number of benzene rings is 1. The van der Waals surface area contributed by atoms with Crippen LogP contribution >= 0.6 is 0 Å². The third-order valence-electron chi connectivity index (χ3n) is 3.50. The van der Waals surface area contributed by atoms with Crippen LogP contribution in [0.1, 0.15) is 24.8 Å². The zero-order valence-corrected chi connectivity index (χ0v) is 11.3. The van der Waals surface area contributed by atoms with Crippen LogP contribution in [0.15, 0.2) is 18.2 Å². The number of nitrogens with one attached hydrogen (secondary N) is 1. The van der Waals surface area contributed by atoms with Gasteiger partial charge in [-0.2, -0.15) is 0 Å². The molecule has 104 valence electrons. The molecular weight excluding hydrogens is 271 g/mol. The minimum absolute atomic E-state index is 0.134. The van der Waals surface area contributed by atoms with E-state index in [0.717, 1.165) is 12.7 Å². The zero-order valence-electron chi connectivity index (χ0n) is 10.4. The minimum Gasteiger partial charge on any atom is -0.369 e. The number of hydrogen-bond acceptors (Lipinski definition) is 3. The Morgan fingerprint density at radius 1 is 1.42 bits per heavy atom. The smallest absolute Gasteiger partial charge is 0.229 e. The van der Waals surface area contributed by atoms with Crippen LogP contribution in [0.2, 0.25) is 0 Å². The maximum Gasteiger partial charge on any atom is 0.229 e. The molecule has 1 saturated carbocycles. The number of sulfonamides is 1. The highest BCUT2D eigenvalue weighted by atomic mass is 32.2. The van der Waals surface area contributed by atoms with Crippen molar-refractivity contribution in [1.29, 1.82) is 0 Å². The molecular formula is C12H15FN2O3S. The second-order valence-corrected chi connectivity index (χ2v) is 6.62. The number of nitrogens with two attached hydrogens (primary N) is 1. The summed E-state index contributed by atoms with van der Waals surface area (Å²) in [6.07, 6.45) is 3.01. The van der Waals surface area contributed by atoms with Crippen LogP contribution < -0.4 is 10.5 Å². The molecule has 0 heterocycles. The van der Waals surface area contributed by atoms with Crippen LogP contribution in [0, 0.1) is 5.82 Å². The highest BCUT2D eigenvalue weighted by molar-refractivity contribution is 7.92. The van der Waals surface area contributed by atoms with E-state index < -0.39 is 27.2 Å². The van der Waals surface area contributed by atoms with Gasteiger partial charge in [0.05, 0.1) is 17.4 Å². The maximum atomic E-state index is 13.9. The van der Waals surface area contributed by atoms with Crippen LogP contribution in [0.25, 0.3) is 0 Å². The Morgan fingerprint density at radius 2 is 2.05 bits per heavy atom. The van der Waals surface area contributed by atoms with Crippen molar-refractivity contribution in [2.75, 3.05) is 11.0 Å². The SMILES string of the molecule is CS(=O)(=O)Nc1ccc(C2(C(N)=O)CCC2)cc1F. The van der Waals surface area contributed by atoms with Gasteiger partial charge in [-0.15, -0.1) is 0 Å². The van der Waals surface area contributed by atoms with E-state index in [-0.39, 0.29) is 5.69 Å². The third-order valence-corrected chi connectivity index (χ3v) is 4.09. The van der Waals surface area contributed by atoms with E-state index in [1.54, 1.807) is 6.07 Å². The largest absolute Gasteiger partial charge is 0.369 e. The van der Waals surface area contributed by atoms with Crippen molar-refractivity contribution in [3.63, 3.8) is 0 Å². The summed E-state index contributed by atoms with van der Waals surface area (Å²) in [5.74, 6) is -1.18. The normalized spacial score (nSPS) is 17.6. The van der Waals surface area contributed by atoms with E-state index in [2.05, 4.69) is 4.72 Å². The number of rotatable bonds is 4. The summed E-state index contributed by atoms with van der Waals surface area (Å²) in [6, 6.07) is 4.03. The summed E-state index contributed by atoms with van der Waals surface area (Å²) in [5.41, 5.74) is 4.95. The minimum atomic E-state index is -3.54. The van der Waals surface area contributed by atoms with Gasteiger partial charge in [-0.25, -0.2) is 12.8 Å². The van der Waals surface area contributed by atoms with Crippen molar-refractivity contribution in [2.24, 2.45) is 5.73 Å². The fourth-order valence-corrected chi connectivity index (χ4v) is 2.87. The maximum absolute atomic E-state index is 13.9. The second kappa shape index (κ2) is 4.48. The molecule has 5 nitrogen and oxygen atoms in total. The van der Waals surface area contributed by atoms with Crippen LogP contribution in [-0.4, -0.2) is 20.6 Å². The van der Waals surface area contributed by atoms with Gasteiger partial charge in [-0.3, -0.25) is 9.52 Å². The lowest BCUT2D eigenvalue weighted by molar-refractivity contribution is -0.126. The molecule has 0 radical (unpaired) electrons. The van der Waals surface area contributed by atoms with Gasteiger partial charge < -0.3 is 5.73 Å². The van der Waals surface area contributed by atoms with Gasteiger partial charge in [-0.05, 0) is 30.5 Å². The average Bonchev–Trinajstić information content (AvgIpc) is 2.17. The highest BCUT2D eigenvalue weighted by Crippen LogP contribution is 2.44. The Morgan fingerprint density at radius 3 is 2.42 bits per heavy atom. The molecule has 0 aromatic heterocycles. The average molecular weight is 286 g/mol. The first-order valence-corrected chi connectivity index (χ1v) is 7.71. The second-order valence-electron chi connectivity index (χ2n) is 4.87. The standard InChI is InChI=1S/C12H15FN2O3S/c1-19(17,18)15-10-4-3-8(7-9(10)13)12(11(14)16)5-2-6-12/h3-4,7,15H,2,5-6H2,1H3,(H2,14,16). The van der Waals surface area contributed by atoms with E-state index in [4.69, 9.17) is 5.73 Å². The van der Waals surface area contributed by atoms with Gasteiger partial charge in [0, 0.05) is 0 Å². The summed E-state index contributed by atoms with van der Waals surface area (Å²) < 4.78 is 38.0. The van der Waals surface area contributed by atoms with Crippen molar-refractivity contribution in [2.45, 2.75) is 24.7 Å². The van der Waals surface area contributed by atoms with Gasteiger partial charge in [-0.1, -0.05) is 12.5 Å². The number of hydrogen-bond donors (Lipinski definition) is 2. The van der Waals surface area contributed by atoms with Gasteiger partial charge in [0.15, 0.2) is 0 Å². The molecule has 1 amide bonds. The molecule has 3 N–H and O–H groups in total. The van der Waals surface area contributed by atoms with E-state index in [0.29, 0.717) is 18.4 Å². The summed E-state index contributed by atoms with van der Waals surface area (Å²) >= 11 is 0. The van der Waals surface area contributed by atoms with Crippen molar-refractivity contribution in [3.05, 3.63) is 29.6 Å². The summed E-state index contributed by atoms with van der Waals surface area (Å²) in [6.45, 7) is 0. The fraction of sp³-hybridized carbons (Fsp3) is 0.417. The number of primary amides is 1. The van der Waals surface area contributed by atoms with Gasteiger partial charge in [0.1, 0.15) is 5.82 Å². The van der Waals surface area contributed by atoms with Crippen LogP contribution in [-0.2, 0) is 20.2 Å². The first kappa shape index (κ1) is 13.8. The Hall–Kier alpha value is -1.63. The molecule has 2 rings (SSSR count). The van der Waals surface area contributed by atoms with E-state index in [1.807, 2.05) is 0 Å². The first-order chi connectivity index (χ1) is 8.74. The van der Waals surface area contributed by atoms with Crippen LogP contribution in [0.5, 0.6) is 0 Å². The fourth-order valence-electron chi connectivity index (χ4n) is 2.30. The van der Waals surface area contributed by atoms with Crippen molar-refractivity contribution >= 4 is 21.6 Å². The lowest BCUT2D eigenvalue weighted by Gasteiger charge is -2.39. The predicted octanol–water partition coefficient (Wildman–Crippen LogP) is 1.10. The molecule has 0 atom stereocenters. The Balaban J connectivity index is 2.36. The Bertz CT molecular complexity index is 624. The Labute approximate surface area is 111 Å². The molecule has 19 heavy (non-hydrogen) atoms. The van der Waals surface area contributed by atoms with Crippen molar-refractivity contribution < 1.29 is 17.6 Å². The molecule has 0 aliphatic heterocycles. The number of amides is 1. The quantitative estimate of drug-likeness (QED) is 0.868. The molecule has 1 aliphatic rings. The van der Waals surface area contributed by atoms with Gasteiger partial charge in [0.25, 0.3) is 0 Å². The van der Waals surface area contributed by atoms with Crippen molar-refractivity contribution in [3.8, 4) is 0 Å². The monoisotopic (exact) mass is 286 g/mol. The van der Waals surface area contributed by atoms with E-state index in [1.165, 1.54) is 12.1 Å². The Kier molecular flexibility index (Phi) is 3.25. The summed E-state index contributed by atoms with van der Waals surface area (Å²) in [7, 11) is -3.54. The lowest BCUT2D eigenvalue weighted by atomic mass is 9.64. The van der Waals surface area contributed by atoms with Crippen LogP contribution in [0.3, 0.4) is 0 Å². The molecule has 1 fully saturated rings. The van der Waals surface area contributed by atoms with E-state index >= 15 is 0 Å². The molecule has 0 bridgehead atoms. The topological polar surface area (TPSA) is 89.3 Å².